The summed E-state index contributed by atoms with van der Waals surface area (Å²) in [6.45, 7) is 3.94. The highest BCUT2D eigenvalue weighted by Crippen LogP contribution is 2.15. The topological polar surface area (TPSA) is 71.0 Å². The fourth-order valence-electron chi connectivity index (χ4n) is 1.10. The maximum atomic E-state index is 9.53. The summed E-state index contributed by atoms with van der Waals surface area (Å²) in [6.07, 6.45) is 1.49. The molecule has 86 valence electrons. The Morgan fingerprint density at radius 3 is 3.00 bits per heavy atom. The summed E-state index contributed by atoms with van der Waals surface area (Å²) >= 11 is 1.43. The number of aryl methyl sites for hydroxylation is 1. The fraction of sp³-hybridized carbons (Fsp3) is 0.273. The summed E-state index contributed by atoms with van der Waals surface area (Å²) in [6, 6.07) is 5.29. The van der Waals surface area contributed by atoms with Crippen LogP contribution in [0.15, 0.2) is 28.4 Å². The van der Waals surface area contributed by atoms with Gasteiger partial charge in [-0.25, -0.2) is 0 Å². The Hall–Kier alpha value is -1.49. The lowest BCUT2D eigenvalue weighted by atomic mass is 10.1. The number of aromatic hydroxyl groups is 1. The third kappa shape index (κ3) is 3.94. The Kier molecular flexibility index (Phi) is 4.85. The molecule has 1 aromatic carbocycles. The lowest BCUT2D eigenvalue weighted by Gasteiger charge is -1.98. The van der Waals surface area contributed by atoms with Crippen molar-refractivity contribution in [3.8, 4) is 5.75 Å². The molecule has 0 heterocycles. The minimum absolute atomic E-state index is 0.186. The van der Waals surface area contributed by atoms with Crippen LogP contribution in [0.5, 0.6) is 5.75 Å². The SMILES string of the molecule is CCS/C(N)=N/N=Cc1cc(C)ccc1O. The van der Waals surface area contributed by atoms with Crippen LogP contribution >= 0.6 is 11.8 Å². The van der Waals surface area contributed by atoms with E-state index in [9.17, 15) is 5.11 Å². The van der Waals surface area contributed by atoms with Gasteiger partial charge in [-0.05, 0) is 24.8 Å². The van der Waals surface area contributed by atoms with Crippen LogP contribution in [0.1, 0.15) is 18.1 Å². The largest absolute Gasteiger partial charge is 0.507 e. The standard InChI is InChI=1S/C11H15N3OS/c1-3-16-11(12)14-13-7-9-6-8(2)4-5-10(9)15/h4-7,15H,3H2,1-2H3,(H2,12,14). The first-order chi connectivity index (χ1) is 7.63. The number of nitrogens with two attached hydrogens (primary N) is 1. The summed E-state index contributed by atoms with van der Waals surface area (Å²) < 4.78 is 0. The van der Waals surface area contributed by atoms with E-state index in [1.807, 2.05) is 26.0 Å². The van der Waals surface area contributed by atoms with Gasteiger partial charge in [0.1, 0.15) is 5.75 Å². The van der Waals surface area contributed by atoms with Crippen LogP contribution in [0.2, 0.25) is 0 Å². The minimum Gasteiger partial charge on any atom is -0.507 e. The van der Waals surface area contributed by atoms with Gasteiger partial charge in [0, 0.05) is 5.56 Å². The van der Waals surface area contributed by atoms with Crippen molar-refractivity contribution in [2.45, 2.75) is 13.8 Å². The van der Waals surface area contributed by atoms with Crippen LogP contribution in [0.25, 0.3) is 0 Å². The lowest BCUT2D eigenvalue weighted by molar-refractivity contribution is 0.474. The lowest BCUT2D eigenvalue weighted by Crippen LogP contribution is -2.05. The average molecular weight is 237 g/mol. The normalized spacial score (nSPS) is 12.2. The number of rotatable bonds is 3. The summed E-state index contributed by atoms with van der Waals surface area (Å²) in [5.74, 6) is 1.05. The van der Waals surface area contributed by atoms with Crippen LogP contribution in [0, 0.1) is 6.92 Å². The molecular weight excluding hydrogens is 222 g/mol. The first kappa shape index (κ1) is 12.6. The summed E-state index contributed by atoms with van der Waals surface area (Å²) in [4.78, 5) is 0. The van der Waals surface area contributed by atoms with E-state index in [-0.39, 0.29) is 5.75 Å². The molecule has 1 aromatic rings. The number of phenolic OH excluding ortho intramolecular Hbond substituents is 1. The van der Waals surface area contributed by atoms with E-state index in [0.29, 0.717) is 10.7 Å². The Morgan fingerprint density at radius 2 is 2.31 bits per heavy atom. The van der Waals surface area contributed by atoms with Crippen LogP contribution in [0.3, 0.4) is 0 Å². The second kappa shape index (κ2) is 6.17. The number of amidine groups is 1. The molecule has 0 atom stereocenters. The zero-order chi connectivity index (χ0) is 12.0. The van der Waals surface area contributed by atoms with Crippen molar-refractivity contribution in [1.29, 1.82) is 0 Å². The van der Waals surface area contributed by atoms with Gasteiger partial charge in [-0.2, -0.15) is 5.10 Å². The van der Waals surface area contributed by atoms with E-state index in [4.69, 9.17) is 5.73 Å². The van der Waals surface area contributed by atoms with Crippen molar-refractivity contribution in [3.05, 3.63) is 29.3 Å². The van der Waals surface area contributed by atoms with Crippen molar-refractivity contribution in [2.75, 3.05) is 5.75 Å². The molecule has 5 heteroatoms. The van der Waals surface area contributed by atoms with Crippen LogP contribution < -0.4 is 5.73 Å². The van der Waals surface area contributed by atoms with Gasteiger partial charge in [0.2, 0.25) is 0 Å². The molecule has 0 saturated heterocycles. The van der Waals surface area contributed by atoms with Crippen molar-refractivity contribution in [1.82, 2.24) is 0 Å². The highest BCUT2D eigenvalue weighted by molar-refractivity contribution is 8.13. The van der Waals surface area contributed by atoms with Crippen molar-refractivity contribution >= 4 is 23.1 Å². The molecular formula is C11H15N3OS. The third-order valence-corrected chi connectivity index (χ3v) is 2.49. The molecule has 0 saturated carbocycles. The Morgan fingerprint density at radius 1 is 1.56 bits per heavy atom. The predicted molar refractivity (Wildman–Crippen MR) is 70.2 cm³/mol. The highest BCUT2D eigenvalue weighted by atomic mass is 32.2. The maximum absolute atomic E-state index is 9.53. The minimum atomic E-state index is 0.186. The first-order valence-electron chi connectivity index (χ1n) is 4.92. The zero-order valence-corrected chi connectivity index (χ0v) is 10.2. The zero-order valence-electron chi connectivity index (χ0n) is 9.34. The third-order valence-electron chi connectivity index (χ3n) is 1.83. The molecule has 0 aliphatic heterocycles. The van der Waals surface area contributed by atoms with E-state index in [0.717, 1.165) is 11.3 Å². The molecule has 1 rings (SSSR count). The highest BCUT2D eigenvalue weighted by Gasteiger charge is 1.97. The quantitative estimate of drug-likeness (QED) is 0.480. The molecule has 0 unspecified atom stereocenters. The number of hydrogen-bond donors (Lipinski definition) is 2. The molecule has 0 aliphatic rings. The van der Waals surface area contributed by atoms with Gasteiger partial charge in [0.15, 0.2) is 5.17 Å². The van der Waals surface area contributed by atoms with Crippen LogP contribution in [-0.4, -0.2) is 22.2 Å². The fourth-order valence-corrected chi connectivity index (χ4v) is 1.50. The van der Waals surface area contributed by atoms with Gasteiger partial charge in [-0.15, -0.1) is 5.10 Å². The van der Waals surface area contributed by atoms with Gasteiger partial charge in [0.25, 0.3) is 0 Å². The summed E-state index contributed by atoms with van der Waals surface area (Å²) in [5, 5.41) is 17.6. The van der Waals surface area contributed by atoms with Crippen LogP contribution in [0.4, 0.5) is 0 Å². The van der Waals surface area contributed by atoms with Gasteiger partial charge in [0.05, 0.1) is 6.21 Å². The predicted octanol–water partition coefficient (Wildman–Crippen LogP) is 2.10. The van der Waals surface area contributed by atoms with Gasteiger partial charge >= 0.3 is 0 Å². The smallest absolute Gasteiger partial charge is 0.180 e. The molecule has 0 aromatic heterocycles. The number of phenols is 1. The van der Waals surface area contributed by atoms with E-state index in [2.05, 4.69) is 10.2 Å². The van der Waals surface area contributed by atoms with E-state index in [1.165, 1.54) is 18.0 Å². The van der Waals surface area contributed by atoms with Gasteiger partial charge in [-0.1, -0.05) is 30.3 Å². The molecule has 0 spiro atoms. The molecule has 0 fully saturated rings. The van der Waals surface area contributed by atoms with E-state index < -0.39 is 0 Å². The Balaban J connectivity index is 2.76. The van der Waals surface area contributed by atoms with Crippen LogP contribution in [-0.2, 0) is 0 Å². The number of nitrogens with zero attached hydrogens (tertiary/aromatic N) is 2. The van der Waals surface area contributed by atoms with Gasteiger partial charge in [-0.3, -0.25) is 0 Å². The van der Waals surface area contributed by atoms with E-state index >= 15 is 0 Å². The Labute approximate surface area is 99.3 Å². The second-order valence-electron chi connectivity index (χ2n) is 3.18. The number of benzene rings is 1. The summed E-state index contributed by atoms with van der Waals surface area (Å²) in [5.41, 5.74) is 7.24. The molecule has 0 amide bonds. The Bertz CT molecular complexity index is 416. The molecule has 0 bridgehead atoms. The first-order valence-corrected chi connectivity index (χ1v) is 5.91. The van der Waals surface area contributed by atoms with Crippen molar-refractivity contribution in [3.63, 3.8) is 0 Å². The summed E-state index contributed by atoms with van der Waals surface area (Å²) in [7, 11) is 0. The van der Waals surface area contributed by atoms with E-state index in [1.54, 1.807) is 6.07 Å². The molecule has 3 N–H and O–H groups in total. The van der Waals surface area contributed by atoms with Gasteiger partial charge < -0.3 is 10.8 Å². The number of thioether (sulfide) groups is 1. The van der Waals surface area contributed by atoms with Crippen molar-refractivity contribution < 1.29 is 5.11 Å². The number of hydrogen-bond acceptors (Lipinski definition) is 4. The maximum Gasteiger partial charge on any atom is 0.180 e. The molecule has 4 nitrogen and oxygen atoms in total. The molecule has 16 heavy (non-hydrogen) atoms. The molecule has 0 radical (unpaired) electrons. The molecule has 0 aliphatic carbocycles. The second-order valence-corrected chi connectivity index (χ2v) is 4.46. The monoisotopic (exact) mass is 237 g/mol. The van der Waals surface area contributed by atoms with Crippen molar-refractivity contribution in [2.24, 2.45) is 15.9 Å². The average Bonchev–Trinajstić information content (AvgIpc) is 2.23.